The van der Waals surface area contributed by atoms with E-state index in [1.54, 1.807) is 0 Å². The molecular weight excluding hydrogens is 112 g/mol. The van der Waals surface area contributed by atoms with Crippen LogP contribution in [-0.2, 0) is 6.61 Å². The molecule has 0 saturated heterocycles. The van der Waals surface area contributed by atoms with Gasteiger partial charge in [-0.2, -0.15) is 0 Å². The SMILES string of the molecule is Cc1[c]ccc(CO)c1. The molecule has 1 rings (SSSR count). The number of aliphatic hydroxyl groups excluding tert-OH is 1. The van der Waals surface area contributed by atoms with Crippen molar-refractivity contribution in [1.29, 1.82) is 0 Å². The Kier molecular flexibility index (Phi) is 1.85. The molecule has 0 heterocycles. The fourth-order valence-corrected chi connectivity index (χ4v) is 0.746. The quantitative estimate of drug-likeness (QED) is 0.593. The second-order valence-electron chi connectivity index (χ2n) is 2.04. The minimum atomic E-state index is 0.121. The van der Waals surface area contributed by atoms with Crippen molar-refractivity contribution in [3.8, 4) is 0 Å². The first-order valence-electron chi connectivity index (χ1n) is 2.91. The molecule has 1 radical (unpaired) electrons. The summed E-state index contributed by atoms with van der Waals surface area (Å²) in [4.78, 5) is 0. The highest BCUT2D eigenvalue weighted by Crippen LogP contribution is 2.01. The van der Waals surface area contributed by atoms with Gasteiger partial charge in [0.05, 0.1) is 6.61 Å². The zero-order chi connectivity index (χ0) is 6.69. The maximum Gasteiger partial charge on any atom is 0.0681 e. The Balaban J connectivity index is 2.94. The molecule has 0 unspecified atom stereocenters. The third kappa shape index (κ3) is 1.54. The third-order valence-corrected chi connectivity index (χ3v) is 1.19. The van der Waals surface area contributed by atoms with E-state index in [4.69, 9.17) is 5.11 Å². The standard InChI is InChI=1S/C8H9O/c1-7-3-2-4-8(5-7)6-9/h2,4-5,9H,6H2,1H3. The number of hydrogen-bond acceptors (Lipinski definition) is 1. The van der Waals surface area contributed by atoms with Gasteiger partial charge in [-0.1, -0.05) is 18.2 Å². The molecule has 0 aliphatic carbocycles. The fourth-order valence-electron chi connectivity index (χ4n) is 0.746. The Morgan fingerprint density at radius 1 is 1.67 bits per heavy atom. The topological polar surface area (TPSA) is 20.2 Å². The summed E-state index contributed by atoms with van der Waals surface area (Å²) in [6.07, 6.45) is 0. The molecular formula is C8H9O. The first kappa shape index (κ1) is 6.30. The first-order valence-corrected chi connectivity index (χ1v) is 2.91. The van der Waals surface area contributed by atoms with E-state index in [0.29, 0.717) is 0 Å². The highest BCUT2D eigenvalue weighted by molar-refractivity contribution is 5.20. The van der Waals surface area contributed by atoms with Gasteiger partial charge in [0.25, 0.3) is 0 Å². The summed E-state index contributed by atoms with van der Waals surface area (Å²) in [6, 6.07) is 8.59. The van der Waals surface area contributed by atoms with Crippen LogP contribution in [0.2, 0.25) is 0 Å². The summed E-state index contributed by atoms with van der Waals surface area (Å²) in [5.41, 5.74) is 2.02. The summed E-state index contributed by atoms with van der Waals surface area (Å²) in [6.45, 7) is 2.08. The summed E-state index contributed by atoms with van der Waals surface area (Å²) >= 11 is 0. The molecule has 0 fully saturated rings. The molecule has 0 aliphatic rings. The molecule has 1 heteroatoms. The molecule has 0 saturated carbocycles. The van der Waals surface area contributed by atoms with Crippen molar-refractivity contribution in [2.24, 2.45) is 0 Å². The van der Waals surface area contributed by atoms with E-state index in [1.165, 1.54) is 0 Å². The van der Waals surface area contributed by atoms with Gasteiger partial charge in [0.15, 0.2) is 0 Å². The van der Waals surface area contributed by atoms with E-state index >= 15 is 0 Å². The van der Waals surface area contributed by atoms with Crippen LogP contribution in [0.5, 0.6) is 0 Å². The van der Waals surface area contributed by atoms with Crippen molar-refractivity contribution < 1.29 is 5.11 Å². The van der Waals surface area contributed by atoms with Gasteiger partial charge < -0.3 is 5.11 Å². The molecule has 1 N–H and O–H groups in total. The fraction of sp³-hybridized carbons (Fsp3) is 0.250. The van der Waals surface area contributed by atoms with Gasteiger partial charge in [0.1, 0.15) is 0 Å². The second-order valence-corrected chi connectivity index (χ2v) is 2.04. The Bertz CT molecular complexity index is 194. The summed E-state index contributed by atoms with van der Waals surface area (Å²) in [7, 11) is 0. The molecule has 0 aromatic heterocycles. The van der Waals surface area contributed by atoms with Crippen molar-refractivity contribution in [3.05, 3.63) is 35.4 Å². The van der Waals surface area contributed by atoms with Gasteiger partial charge in [-0.15, -0.1) is 0 Å². The summed E-state index contributed by atoms with van der Waals surface area (Å²) < 4.78 is 0. The second kappa shape index (κ2) is 2.65. The molecule has 0 atom stereocenters. The van der Waals surface area contributed by atoms with Crippen LogP contribution in [0.3, 0.4) is 0 Å². The Morgan fingerprint density at radius 2 is 2.44 bits per heavy atom. The molecule has 1 nitrogen and oxygen atoms in total. The summed E-state index contributed by atoms with van der Waals surface area (Å²) in [5.74, 6) is 0. The Labute approximate surface area is 55.0 Å². The molecule has 0 spiro atoms. The average Bonchev–Trinajstić information content (AvgIpc) is 1.88. The van der Waals surface area contributed by atoms with E-state index < -0.39 is 0 Å². The smallest absolute Gasteiger partial charge is 0.0681 e. The van der Waals surface area contributed by atoms with Crippen LogP contribution in [0.1, 0.15) is 11.1 Å². The van der Waals surface area contributed by atoms with E-state index in [-0.39, 0.29) is 6.61 Å². The lowest BCUT2D eigenvalue weighted by Crippen LogP contribution is -1.82. The van der Waals surface area contributed by atoms with Gasteiger partial charge in [0, 0.05) is 0 Å². The van der Waals surface area contributed by atoms with Crippen LogP contribution in [0.4, 0.5) is 0 Å². The highest BCUT2D eigenvalue weighted by atomic mass is 16.3. The van der Waals surface area contributed by atoms with Crippen molar-refractivity contribution in [3.63, 3.8) is 0 Å². The highest BCUT2D eigenvalue weighted by Gasteiger charge is 1.87. The van der Waals surface area contributed by atoms with Crippen LogP contribution >= 0.6 is 0 Å². The van der Waals surface area contributed by atoms with E-state index in [9.17, 15) is 0 Å². The lowest BCUT2D eigenvalue weighted by Gasteiger charge is -1.94. The van der Waals surface area contributed by atoms with Gasteiger partial charge in [-0.3, -0.25) is 0 Å². The molecule has 0 amide bonds. The zero-order valence-corrected chi connectivity index (χ0v) is 5.39. The number of benzene rings is 1. The number of aryl methyl sites for hydroxylation is 1. The molecule has 0 aliphatic heterocycles. The lowest BCUT2D eigenvalue weighted by atomic mass is 10.1. The zero-order valence-electron chi connectivity index (χ0n) is 5.39. The number of hydrogen-bond donors (Lipinski definition) is 1. The van der Waals surface area contributed by atoms with Crippen LogP contribution in [0.15, 0.2) is 18.2 Å². The van der Waals surface area contributed by atoms with Gasteiger partial charge in [-0.25, -0.2) is 0 Å². The van der Waals surface area contributed by atoms with Crippen molar-refractivity contribution in [1.82, 2.24) is 0 Å². The Hall–Kier alpha value is -0.820. The number of aliphatic hydroxyl groups is 1. The minimum Gasteiger partial charge on any atom is -0.392 e. The van der Waals surface area contributed by atoms with Crippen LogP contribution < -0.4 is 0 Å². The molecule has 1 aromatic rings. The van der Waals surface area contributed by atoms with Crippen LogP contribution in [-0.4, -0.2) is 5.11 Å². The van der Waals surface area contributed by atoms with Crippen LogP contribution in [0.25, 0.3) is 0 Å². The predicted molar refractivity (Wildman–Crippen MR) is 35.9 cm³/mol. The van der Waals surface area contributed by atoms with Gasteiger partial charge in [-0.05, 0) is 24.1 Å². The molecule has 1 aromatic carbocycles. The first-order chi connectivity index (χ1) is 4.33. The van der Waals surface area contributed by atoms with Crippen molar-refractivity contribution in [2.45, 2.75) is 13.5 Å². The van der Waals surface area contributed by atoms with Gasteiger partial charge in [0.2, 0.25) is 0 Å². The van der Waals surface area contributed by atoms with E-state index in [0.717, 1.165) is 11.1 Å². The van der Waals surface area contributed by atoms with E-state index in [2.05, 4.69) is 6.07 Å². The maximum atomic E-state index is 8.65. The lowest BCUT2D eigenvalue weighted by molar-refractivity contribution is 0.282. The Morgan fingerprint density at radius 3 is 2.89 bits per heavy atom. The number of rotatable bonds is 1. The normalized spacial score (nSPS) is 9.56. The molecule has 47 valence electrons. The summed E-state index contributed by atoms with van der Waals surface area (Å²) in [5, 5.41) is 8.65. The largest absolute Gasteiger partial charge is 0.392 e. The van der Waals surface area contributed by atoms with E-state index in [1.807, 2.05) is 25.1 Å². The maximum absolute atomic E-state index is 8.65. The monoisotopic (exact) mass is 121 g/mol. The molecule has 0 bridgehead atoms. The van der Waals surface area contributed by atoms with Crippen molar-refractivity contribution in [2.75, 3.05) is 0 Å². The molecule has 9 heavy (non-hydrogen) atoms. The van der Waals surface area contributed by atoms with Crippen LogP contribution in [0, 0.1) is 13.0 Å². The third-order valence-electron chi connectivity index (χ3n) is 1.19. The predicted octanol–water partition coefficient (Wildman–Crippen LogP) is 1.29. The minimum absolute atomic E-state index is 0.121. The average molecular weight is 121 g/mol. The van der Waals surface area contributed by atoms with Gasteiger partial charge >= 0.3 is 0 Å². The van der Waals surface area contributed by atoms with Crippen molar-refractivity contribution >= 4 is 0 Å².